The van der Waals surface area contributed by atoms with Gasteiger partial charge in [0, 0.05) is 19.1 Å². The first-order valence-electron chi connectivity index (χ1n) is 10.3. The van der Waals surface area contributed by atoms with E-state index in [1.807, 2.05) is 0 Å². The Morgan fingerprint density at radius 2 is 1.92 bits per heavy atom. The van der Waals surface area contributed by atoms with Crippen molar-refractivity contribution in [3.63, 3.8) is 0 Å². The molecule has 1 aromatic rings. The number of amides is 1. The summed E-state index contributed by atoms with van der Waals surface area (Å²) in [5.41, 5.74) is 3.03. The minimum absolute atomic E-state index is 0.242. The van der Waals surface area contributed by atoms with E-state index in [2.05, 4.69) is 48.3 Å². The maximum Gasteiger partial charge on any atom is 0.407 e. The third-order valence-corrected chi connectivity index (χ3v) is 5.78. The zero-order valence-corrected chi connectivity index (χ0v) is 16.4. The van der Waals surface area contributed by atoms with Crippen molar-refractivity contribution in [1.82, 2.24) is 10.2 Å². The van der Waals surface area contributed by atoms with Gasteiger partial charge in [0.05, 0.1) is 6.61 Å². The second-order valence-electron chi connectivity index (χ2n) is 8.44. The largest absolute Gasteiger partial charge is 0.449 e. The molecule has 0 bridgehead atoms. The highest BCUT2D eigenvalue weighted by atomic mass is 16.5. The van der Waals surface area contributed by atoms with Gasteiger partial charge < -0.3 is 10.1 Å². The Kier molecular flexibility index (Phi) is 6.95. The highest BCUT2D eigenvalue weighted by molar-refractivity contribution is 5.67. The first-order chi connectivity index (χ1) is 12.6. The monoisotopic (exact) mass is 358 g/mol. The predicted octanol–water partition coefficient (Wildman–Crippen LogP) is 4.38. The topological polar surface area (TPSA) is 41.6 Å². The number of hydrogen-bond acceptors (Lipinski definition) is 3. The van der Waals surface area contributed by atoms with Crippen LogP contribution >= 0.6 is 0 Å². The molecule has 1 N–H and O–H groups in total. The lowest BCUT2D eigenvalue weighted by Crippen LogP contribution is -2.39. The minimum atomic E-state index is -0.242. The molecule has 1 aliphatic heterocycles. The molecule has 0 unspecified atom stereocenters. The second kappa shape index (κ2) is 9.40. The summed E-state index contributed by atoms with van der Waals surface area (Å²) >= 11 is 0. The van der Waals surface area contributed by atoms with Crippen LogP contribution in [-0.2, 0) is 17.7 Å². The van der Waals surface area contributed by atoms with Crippen molar-refractivity contribution >= 4 is 6.09 Å². The number of carbonyl (C=O) groups excluding carboxylic acids is 1. The Labute approximate surface area is 158 Å². The van der Waals surface area contributed by atoms with Crippen LogP contribution in [-0.4, -0.2) is 36.7 Å². The Hall–Kier alpha value is -1.55. The fourth-order valence-electron chi connectivity index (χ4n) is 4.16. The van der Waals surface area contributed by atoms with E-state index in [4.69, 9.17) is 4.74 Å². The molecular weight excluding hydrogens is 324 g/mol. The number of nitrogens with zero attached hydrogens (tertiary/aromatic N) is 1. The van der Waals surface area contributed by atoms with Gasteiger partial charge in [0.2, 0.25) is 0 Å². The summed E-state index contributed by atoms with van der Waals surface area (Å²) in [5.74, 6) is 1.19. The maximum atomic E-state index is 11.8. The molecular formula is C22H34N2O2. The van der Waals surface area contributed by atoms with Gasteiger partial charge >= 0.3 is 6.09 Å². The Morgan fingerprint density at radius 1 is 1.19 bits per heavy atom. The van der Waals surface area contributed by atoms with Crippen LogP contribution in [0.1, 0.15) is 57.1 Å². The lowest BCUT2D eigenvalue weighted by Gasteiger charge is -2.32. The van der Waals surface area contributed by atoms with Crippen molar-refractivity contribution in [2.24, 2.45) is 11.8 Å². The predicted molar refractivity (Wildman–Crippen MR) is 105 cm³/mol. The molecule has 0 atom stereocenters. The average Bonchev–Trinajstić information content (AvgIpc) is 2.65. The smallest absolute Gasteiger partial charge is 0.407 e. The van der Waals surface area contributed by atoms with E-state index in [-0.39, 0.29) is 6.09 Å². The molecule has 0 saturated heterocycles. The van der Waals surface area contributed by atoms with E-state index in [1.165, 1.54) is 49.9 Å². The third-order valence-electron chi connectivity index (χ3n) is 5.78. The van der Waals surface area contributed by atoms with Gasteiger partial charge in [-0.15, -0.1) is 0 Å². The normalized spacial score (nSPS) is 23.5. The van der Waals surface area contributed by atoms with Crippen molar-refractivity contribution in [2.75, 3.05) is 19.7 Å². The van der Waals surface area contributed by atoms with Gasteiger partial charge in [-0.1, -0.05) is 38.1 Å². The fraction of sp³-hybridized carbons (Fsp3) is 0.682. The molecule has 26 heavy (non-hydrogen) atoms. The lowest BCUT2D eigenvalue weighted by molar-refractivity contribution is 0.124. The summed E-state index contributed by atoms with van der Waals surface area (Å²) in [5, 5.41) is 3.04. The van der Waals surface area contributed by atoms with E-state index in [0.717, 1.165) is 25.3 Å². The first-order valence-corrected chi connectivity index (χ1v) is 10.3. The van der Waals surface area contributed by atoms with Crippen LogP contribution in [0.3, 0.4) is 0 Å². The van der Waals surface area contributed by atoms with Crippen LogP contribution in [0.15, 0.2) is 24.3 Å². The van der Waals surface area contributed by atoms with Gasteiger partial charge in [0.15, 0.2) is 0 Å². The van der Waals surface area contributed by atoms with Crippen LogP contribution in [0.4, 0.5) is 4.79 Å². The lowest BCUT2D eigenvalue weighted by atomic mass is 9.84. The van der Waals surface area contributed by atoms with Crippen molar-refractivity contribution < 1.29 is 9.53 Å². The van der Waals surface area contributed by atoms with Crippen LogP contribution in [0, 0.1) is 11.8 Å². The van der Waals surface area contributed by atoms with Crippen LogP contribution < -0.4 is 5.32 Å². The molecule has 1 heterocycles. The van der Waals surface area contributed by atoms with Gasteiger partial charge in [0.25, 0.3) is 0 Å². The number of carbonyl (C=O) groups is 1. The van der Waals surface area contributed by atoms with Gasteiger partial charge in [-0.2, -0.15) is 0 Å². The molecule has 1 saturated carbocycles. The van der Waals surface area contributed by atoms with Crippen molar-refractivity contribution in [3.8, 4) is 0 Å². The van der Waals surface area contributed by atoms with Gasteiger partial charge in [-0.25, -0.2) is 4.79 Å². The summed E-state index contributed by atoms with van der Waals surface area (Å²) in [4.78, 5) is 14.4. The van der Waals surface area contributed by atoms with Crippen LogP contribution in [0.5, 0.6) is 0 Å². The van der Waals surface area contributed by atoms with E-state index in [9.17, 15) is 4.79 Å². The average molecular weight is 359 g/mol. The number of rotatable bonds is 6. The van der Waals surface area contributed by atoms with Gasteiger partial charge in [0.1, 0.15) is 0 Å². The Bertz CT molecular complexity index is 579. The molecule has 0 radical (unpaired) electrons. The highest BCUT2D eigenvalue weighted by Crippen LogP contribution is 2.28. The van der Waals surface area contributed by atoms with Crippen LogP contribution in [0.25, 0.3) is 0 Å². The molecule has 1 amide bonds. The molecule has 3 rings (SSSR count). The Balaban J connectivity index is 1.33. The maximum absolute atomic E-state index is 11.8. The molecule has 1 fully saturated rings. The summed E-state index contributed by atoms with van der Waals surface area (Å²) in [6.07, 6.45) is 6.85. The fourth-order valence-corrected chi connectivity index (χ4v) is 4.16. The molecule has 0 aromatic heterocycles. The van der Waals surface area contributed by atoms with E-state index >= 15 is 0 Å². The quantitative estimate of drug-likeness (QED) is 0.821. The first kappa shape index (κ1) is 19.2. The van der Waals surface area contributed by atoms with E-state index < -0.39 is 0 Å². The summed E-state index contributed by atoms with van der Waals surface area (Å²) in [6, 6.07) is 9.15. The number of alkyl carbamates (subject to hydrolysis) is 1. The zero-order valence-electron chi connectivity index (χ0n) is 16.4. The zero-order chi connectivity index (χ0) is 18.4. The number of hydrogen-bond donors (Lipinski definition) is 1. The minimum Gasteiger partial charge on any atom is -0.449 e. The molecule has 1 aromatic carbocycles. The van der Waals surface area contributed by atoms with Gasteiger partial charge in [-0.3, -0.25) is 4.90 Å². The van der Waals surface area contributed by atoms with Gasteiger partial charge in [-0.05, 0) is 68.0 Å². The summed E-state index contributed by atoms with van der Waals surface area (Å²) in [7, 11) is 0. The molecule has 4 heteroatoms. The van der Waals surface area contributed by atoms with Crippen molar-refractivity contribution in [1.29, 1.82) is 0 Å². The Morgan fingerprint density at radius 3 is 2.65 bits per heavy atom. The molecule has 2 aliphatic rings. The van der Waals surface area contributed by atoms with E-state index in [1.54, 1.807) is 0 Å². The molecule has 0 spiro atoms. The van der Waals surface area contributed by atoms with E-state index in [0.29, 0.717) is 18.6 Å². The second-order valence-corrected chi connectivity index (χ2v) is 8.44. The standard InChI is InChI=1S/C22H34N2O2/c1-17(2)16-26-22(25)23-21-9-7-18(8-10-21)11-13-24-14-12-19-5-3-4-6-20(19)15-24/h3-6,17-18,21H,7-16H2,1-2H3,(H,23,25). The SMILES string of the molecule is CC(C)COC(=O)NC1CCC(CCN2CCc3ccccc3C2)CC1. The molecule has 4 nitrogen and oxygen atoms in total. The van der Waals surface area contributed by atoms with Crippen LogP contribution in [0.2, 0.25) is 0 Å². The summed E-state index contributed by atoms with van der Waals surface area (Å²) in [6.45, 7) is 8.11. The van der Waals surface area contributed by atoms with Crippen molar-refractivity contribution in [2.45, 2.75) is 65.0 Å². The number of benzene rings is 1. The summed E-state index contributed by atoms with van der Waals surface area (Å²) < 4.78 is 5.23. The number of fused-ring (bicyclic) bond motifs is 1. The third kappa shape index (κ3) is 5.73. The number of ether oxygens (including phenoxy) is 1. The molecule has 1 aliphatic carbocycles. The number of nitrogens with one attached hydrogen (secondary N) is 1. The highest BCUT2D eigenvalue weighted by Gasteiger charge is 2.24. The van der Waals surface area contributed by atoms with Crippen molar-refractivity contribution in [3.05, 3.63) is 35.4 Å². The molecule has 144 valence electrons.